The van der Waals surface area contributed by atoms with Gasteiger partial charge >= 0.3 is 0 Å². The molecule has 3 heteroatoms. The van der Waals surface area contributed by atoms with Gasteiger partial charge in [0.1, 0.15) is 11.6 Å². The quantitative estimate of drug-likeness (QED) is 0.790. The maximum atomic E-state index is 5.07. The van der Waals surface area contributed by atoms with Crippen molar-refractivity contribution in [3.63, 3.8) is 0 Å². The zero-order valence-electron chi connectivity index (χ0n) is 10.4. The lowest BCUT2D eigenvalue weighted by atomic mass is 9.97. The van der Waals surface area contributed by atoms with Crippen LogP contribution in [-0.2, 0) is 0 Å². The maximum Gasteiger partial charge on any atom is 0.137 e. The van der Waals surface area contributed by atoms with Crippen molar-refractivity contribution in [3.05, 3.63) is 30.0 Å². The lowest BCUT2D eigenvalue weighted by Crippen LogP contribution is -2.05. The molecule has 0 spiro atoms. The van der Waals surface area contributed by atoms with Crippen LogP contribution in [0.3, 0.4) is 0 Å². The molecule has 1 heterocycles. The summed E-state index contributed by atoms with van der Waals surface area (Å²) in [6, 6.07) is 3.88. The Hall–Kier alpha value is -1.51. The Kier molecular flexibility index (Phi) is 4.42. The van der Waals surface area contributed by atoms with Gasteiger partial charge in [-0.15, -0.1) is 0 Å². The third-order valence-corrected chi connectivity index (χ3v) is 3.11. The Morgan fingerprint density at radius 1 is 1.35 bits per heavy atom. The molecular weight excluding hydrogens is 212 g/mol. The highest BCUT2D eigenvalue weighted by Gasteiger charge is 2.03. The van der Waals surface area contributed by atoms with Crippen LogP contribution in [0.25, 0.3) is 0 Å². The highest BCUT2D eigenvalue weighted by Crippen LogP contribution is 2.20. The number of anilines is 1. The third kappa shape index (κ3) is 3.77. The predicted octanol–water partition coefficient (Wildman–Crippen LogP) is 3.39. The molecule has 1 aromatic rings. The molecule has 17 heavy (non-hydrogen) atoms. The van der Waals surface area contributed by atoms with E-state index in [4.69, 9.17) is 4.74 Å². The number of aromatic nitrogens is 1. The molecule has 1 aliphatic carbocycles. The van der Waals surface area contributed by atoms with Gasteiger partial charge in [-0.25, -0.2) is 4.98 Å². The van der Waals surface area contributed by atoms with Gasteiger partial charge in [0.15, 0.2) is 0 Å². The topological polar surface area (TPSA) is 34.1 Å². The van der Waals surface area contributed by atoms with Gasteiger partial charge in [-0.1, -0.05) is 11.6 Å². The van der Waals surface area contributed by atoms with Crippen LogP contribution < -0.4 is 10.1 Å². The summed E-state index contributed by atoms with van der Waals surface area (Å²) >= 11 is 0. The zero-order valence-corrected chi connectivity index (χ0v) is 10.4. The molecule has 2 rings (SSSR count). The Labute approximate surface area is 103 Å². The molecule has 0 aliphatic heterocycles. The standard InChI is InChI=1S/C14H20N2O/c1-17-13-7-8-14(16-11-13)15-10-9-12-5-3-2-4-6-12/h5,7-8,11H,2-4,6,9-10H2,1H3,(H,15,16). The number of allylic oxidation sites excluding steroid dienone is 1. The van der Waals surface area contributed by atoms with Crippen LogP contribution >= 0.6 is 0 Å². The number of rotatable bonds is 5. The molecule has 0 fully saturated rings. The van der Waals surface area contributed by atoms with Crippen molar-refractivity contribution in [1.29, 1.82) is 0 Å². The number of hydrogen-bond acceptors (Lipinski definition) is 3. The van der Waals surface area contributed by atoms with Gasteiger partial charge < -0.3 is 10.1 Å². The van der Waals surface area contributed by atoms with Crippen molar-refractivity contribution >= 4 is 5.82 Å². The highest BCUT2D eigenvalue weighted by molar-refractivity contribution is 5.37. The number of methoxy groups -OCH3 is 1. The monoisotopic (exact) mass is 232 g/mol. The van der Waals surface area contributed by atoms with Gasteiger partial charge in [0, 0.05) is 6.54 Å². The average Bonchev–Trinajstić information content (AvgIpc) is 2.41. The first kappa shape index (κ1) is 12.0. The fraction of sp³-hybridized carbons (Fsp3) is 0.500. The van der Waals surface area contributed by atoms with Crippen LogP contribution in [0.15, 0.2) is 30.0 Å². The van der Waals surface area contributed by atoms with Gasteiger partial charge in [0.25, 0.3) is 0 Å². The molecule has 1 aliphatic rings. The summed E-state index contributed by atoms with van der Waals surface area (Å²) in [5, 5.41) is 3.34. The van der Waals surface area contributed by atoms with Crippen molar-refractivity contribution in [2.24, 2.45) is 0 Å². The van der Waals surface area contributed by atoms with Crippen LogP contribution in [0.4, 0.5) is 5.82 Å². The summed E-state index contributed by atoms with van der Waals surface area (Å²) in [5.41, 5.74) is 1.59. The van der Waals surface area contributed by atoms with E-state index in [-0.39, 0.29) is 0 Å². The van der Waals surface area contributed by atoms with Gasteiger partial charge in [0.2, 0.25) is 0 Å². The molecule has 0 atom stereocenters. The summed E-state index contributed by atoms with van der Waals surface area (Å²) in [6.07, 6.45) is 10.5. The van der Waals surface area contributed by atoms with Crippen LogP contribution in [-0.4, -0.2) is 18.6 Å². The van der Waals surface area contributed by atoms with Gasteiger partial charge in [-0.2, -0.15) is 0 Å². The van der Waals surface area contributed by atoms with Crippen molar-refractivity contribution < 1.29 is 4.74 Å². The van der Waals surface area contributed by atoms with E-state index in [1.165, 1.54) is 25.7 Å². The first-order valence-electron chi connectivity index (χ1n) is 6.30. The van der Waals surface area contributed by atoms with Crippen LogP contribution in [0, 0.1) is 0 Å². The number of nitrogens with zero attached hydrogens (tertiary/aromatic N) is 1. The first-order valence-corrected chi connectivity index (χ1v) is 6.30. The molecule has 0 unspecified atom stereocenters. The van der Waals surface area contributed by atoms with Crippen molar-refractivity contribution in [2.75, 3.05) is 19.0 Å². The highest BCUT2D eigenvalue weighted by atomic mass is 16.5. The Balaban J connectivity index is 1.75. The SMILES string of the molecule is COc1ccc(NCCC2=CCCCC2)nc1. The van der Waals surface area contributed by atoms with E-state index in [2.05, 4.69) is 16.4 Å². The summed E-state index contributed by atoms with van der Waals surface area (Å²) in [6.45, 7) is 0.963. The van der Waals surface area contributed by atoms with E-state index >= 15 is 0 Å². The smallest absolute Gasteiger partial charge is 0.137 e. The third-order valence-electron chi connectivity index (χ3n) is 3.11. The van der Waals surface area contributed by atoms with Crippen LogP contribution in [0.1, 0.15) is 32.1 Å². The Morgan fingerprint density at radius 3 is 2.94 bits per heavy atom. The minimum atomic E-state index is 0.797. The average molecular weight is 232 g/mol. The predicted molar refractivity (Wildman–Crippen MR) is 70.4 cm³/mol. The fourth-order valence-corrected chi connectivity index (χ4v) is 2.09. The number of ether oxygens (including phenoxy) is 1. The van der Waals surface area contributed by atoms with E-state index < -0.39 is 0 Å². The minimum absolute atomic E-state index is 0.797. The Bertz CT molecular complexity index is 370. The summed E-state index contributed by atoms with van der Waals surface area (Å²) in [7, 11) is 1.65. The molecule has 0 aromatic carbocycles. The second kappa shape index (κ2) is 6.28. The molecule has 0 bridgehead atoms. The van der Waals surface area contributed by atoms with E-state index in [1.54, 1.807) is 18.9 Å². The van der Waals surface area contributed by atoms with E-state index in [0.717, 1.165) is 24.5 Å². The van der Waals surface area contributed by atoms with Gasteiger partial charge in [0.05, 0.1) is 13.3 Å². The molecule has 1 N–H and O–H groups in total. The van der Waals surface area contributed by atoms with E-state index in [1.807, 2.05) is 12.1 Å². The molecule has 0 saturated carbocycles. The van der Waals surface area contributed by atoms with Crippen molar-refractivity contribution in [1.82, 2.24) is 4.98 Å². The van der Waals surface area contributed by atoms with Gasteiger partial charge in [-0.05, 0) is 44.2 Å². The lowest BCUT2D eigenvalue weighted by molar-refractivity contribution is 0.413. The first-order chi connectivity index (χ1) is 8.38. The second-order valence-electron chi connectivity index (χ2n) is 4.37. The number of pyridine rings is 1. The molecule has 0 saturated heterocycles. The molecule has 0 amide bonds. The van der Waals surface area contributed by atoms with Crippen molar-refractivity contribution in [2.45, 2.75) is 32.1 Å². The fourth-order valence-electron chi connectivity index (χ4n) is 2.09. The van der Waals surface area contributed by atoms with E-state index in [9.17, 15) is 0 Å². The largest absolute Gasteiger partial charge is 0.495 e. The molecular formula is C14H20N2O. The van der Waals surface area contributed by atoms with Crippen molar-refractivity contribution in [3.8, 4) is 5.75 Å². The molecule has 0 radical (unpaired) electrons. The van der Waals surface area contributed by atoms with Crippen LogP contribution in [0.5, 0.6) is 5.75 Å². The maximum absolute atomic E-state index is 5.07. The van der Waals surface area contributed by atoms with Gasteiger partial charge in [-0.3, -0.25) is 0 Å². The minimum Gasteiger partial charge on any atom is -0.495 e. The lowest BCUT2D eigenvalue weighted by Gasteiger charge is -2.13. The molecule has 92 valence electrons. The zero-order chi connectivity index (χ0) is 11.9. The second-order valence-corrected chi connectivity index (χ2v) is 4.37. The summed E-state index contributed by atoms with van der Waals surface area (Å²) in [5.74, 6) is 1.72. The van der Waals surface area contributed by atoms with E-state index in [0.29, 0.717) is 0 Å². The molecule has 1 aromatic heterocycles. The Morgan fingerprint density at radius 2 is 2.29 bits per heavy atom. The normalized spacial score (nSPS) is 15.2. The summed E-state index contributed by atoms with van der Waals surface area (Å²) < 4.78 is 5.07. The number of hydrogen-bond donors (Lipinski definition) is 1. The van der Waals surface area contributed by atoms with Crippen LogP contribution in [0.2, 0.25) is 0 Å². The number of nitrogens with one attached hydrogen (secondary N) is 1. The summed E-state index contributed by atoms with van der Waals surface area (Å²) in [4.78, 5) is 4.28. The molecule has 3 nitrogen and oxygen atoms in total.